The summed E-state index contributed by atoms with van der Waals surface area (Å²) in [6.45, 7) is 22.3. The van der Waals surface area contributed by atoms with Gasteiger partial charge >= 0.3 is 5.97 Å². The zero-order chi connectivity index (χ0) is 29.7. The van der Waals surface area contributed by atoms with Crippen LogP contribution in [0.3, 0.4) is 0 Å². The highest BCUT2D eigenvalue weighted by atomic mass is 28.4. The Morgan fingerprint density at radius 1 is 0.974 bits per heavy atom. The standard InChI is InChI=1S/C30H54O7Si2/c1-28(2,3)38(8,9)36-26-24(17-18-31)19-30(27(32)33-7,37-39(10,11)29(4,5)6)20-25(26)35-22-34-21-23-15-13-12-14-16-23/h12-16,24-26,31H,17-22H2,1-11H3/t24-,25-,26-,30+/m1/s1. The van der Waals surface area contributed by atoms with Gasteiger partial charge in [-0.05, 0) is 60.6 Å². The molecule has 7 nitrogen and oxygen atoms in total. The molecule has 0 radical (unpaired) electrons. The molecule has 0 aliphatic heterocycles. The molecule has 1 aliphatic carbocycles. The SMILES string of the molecule is COC(=O)[C@]1(O[Si](C)(C)C(C)(C)C)C[C@@H](CCO)[C@@H](O[Si](C)(C)C(C)(C)C)[C@H](OCOCc2ccccc2)C1. The van der Waals surface area contributed by atoms with Crippen molar-refractivity contribution in [3.63, 3.8) is 0 Å². The summed E-state index contributed by atoms with van der Waals surface area (Å²) in [5.41, 5.74) is -0.128. The lowest BCUT2D eigenvalue weighted by molar-refractivity contribution is -0.198. The lowest BCUT2D eigenvalue weighted by atomic mass is 9.73. The molecule has 0 unspecified atom stereocenters. The first-order valence-corrected chi connectivity index (χ1v) is 20.0. The molecule has 1 aliphatic rings. The van der Waals surface area contributed by atoms with Crippen LogP contribution in [0.5, 0.6) is 0 Å². The predicted octanol–water partition coefficient (Wildman–Crippen LogP) is 6.66. The third kappa shape index (κ3) is 8.71. The normalized spacial score (nSPS) is 25.0. The average Bonchev–Trinajstić information content (AvgIpc) is 2.82. The second-order valence-corrected chi connectivity index (χ2v) is 23.5. The Hall–Kier alpha value is -1.08. The van der Waals surface area contributed by atoms with Gasteiger partial charge in [0.15, 0.2) is 22.2 Å². The minimum atomic E-state index is -2.39. The summed E-state index contributed by atoms with van der Waals surface area (Å²) in [5.74, 6) is -0.541. The van der Waals surface area contributed by atoms with E-state index in [1.54, 1.807) is 0 Å². The maximum absolute atomic E-state index is 13.5. The Morgan fingerprint density at radius 2 is 1.56 bits per heavy atom. The van der Waals surface area contributed by atoms with Crippen molar-refractivity contribution in [1.29, 1.82) is 0 Å². The third-order valence-corrected chi connectivity index (χ3v) is 18.0. The van der Waals surface area contributed by atoms with Gasteiger partial charge in [0.1, 0.15) is 6.79 Å². The second kappa shape index (κ2) is 13.3. The summed E-state index contributed by atoms with van der Waals surface area (Å²) in [7, 11) is -3.19. The largest absolute Gasteiger partial charge is 0.467 e. The van der Waals surface area contributed by atoms with Crippen LogP contribution in [-0.2, 0) is 34.5 Å². The fourth-order valence-electron chi connectivity index (χ4n) is 4.63. The summed E-state index contributed by atoms with van der Waals surface area (Å²) in [6, 6.07) is 9.95. The molecule has 1 saturated carbocycles. The number of aliphatic hydroxyl groups excluding tert-OH is 1. The molecule has 224 valence electrons. The van der Waals surface area contributed by atoms with Gasteiger partial charge in [0, 0.05) is 13.0 Å². The first-order valence-electron chi connectivity index (χ1n) is 14.2. The number of benzene rings is 1. The third-order valence-electron chi connectivity index (χ3n) is 8.98. The molecule has 9 heteroatoms. The Morgan fingerprint density at radius 3 is 2.08 bits per heavy atom. The van der Waals surface area contributed by atoms with Crippen LogP contribution in [0.2, 0.25) is 36.3 Å². The smallest absolute Gasteiger partial charge is 0.337 e. The zero-order valence-corrected chi connectivity index (χ0v) is 28.3. The molecule has 0 heterocycles. The van der Waals surface area contributed by atoms with E-state index in [2.05, 4.69) is 67.7 Å². The van der Waals surface area contributed by atoms with Gasteiger partial charge < -0.3 is 28.2 Å². The molecule has 1 fully saturated rings. The van der Waals surface area contributed by atoms with E-state index in [0.29, 0.717) is 25.9 Å². The van der Waals surface area contributed by atoms with Crippen LogP contribution in [0.25, 0.3) is 0 Å². The quantitative estimate of drug-likeness (QED) is 0.128. The number of ether oxygens (including phenoxy) is 3. The number of aliphatic hydroxyl groups is 1. The Balaban J connectivity index is 2.45. The van der Waals surface area contributed by atoms with E-state index >= 15 is 0 Å². The fourth-order valence-corrected chi connectivity index (χ4v) is 7.54. The van der Waals surface area contributed by atoms with Crippen molar-refractivity contribution in [2.24, 2.45) is 5.92 Å². The maximum atomic E-state index is 13.5. The number of carbonyl (C=O) groups excluding carboxylic acids is 1. The van der Waals surface area contributed by atoms with Gasteiger partial charge in [-0.1, -0.05) is 71.9 Å². The lowest BCUT2D eigenvalue weighted by Gasteiger charge is -2.53. The molecule has 39 heavy (non-hydrogen) atoms. The summed E-state index contributed by atoms with van der Waals surface area (Å²) >= 11 is 0. The molecule has 1 N–H and O–H groups in total. The van der Waals surface area contributed by atoms with Crippen LogP contribution in [0, 0.1) is 5.92 Å². The molecule has 0 aromatic heterocycles. The van der Waals surface area contributed by atoms with Gasteiger partial charge in [-0.3, -0.25) is 0 Å². The number of carbonyl (C=O) groups is 1. The van der Waals surface area contributed by atoms with E-state index in [9.17, 15) is 9.90 Å². The summed E-state index contributed by atoms with van der Waals surface area (Å²) < 4.78 is 31.6. The monoisotopic (exact) mass is 582 g/mol. The van der Waals surface area contributed by atoms with Gasteiger partial charge in [-0.25, -0.2) is 4.79 Å². The van der Waals surface area contributed by atoms with Gasteiger partial charge in [0.2, 0.25) is 0 Å². The van der Waals surface area contributed by atoms with Crippen LogP contribution >= 0.6 is 0 Å². The number of hydrogen-bond acceptors (Lipinski definition) is 7. The van der Waals surface area contributed by atoms with Crippen LogP contribution in [0.4, 0.5) is 0 Å². The van der Waals surface area contributed by atoms with Crippen molar-refractivity contribution in [1.82, 2.24) is 0 Å². The topological polar surface area (TPSA) is 83.5 Å². The van der Waals surface area contributed by atoms with Crippen molar-refractivity contribution in [2.75, 3.05) is 20.5 Å². The number of methoxy groups -OCH3 is 1. The van der Waals surface area contributed by atoms with Crippen molar-refractivity contribution in [2.45, 2.75) is 121 Å². The first-order chi connectivity index (χ1) is 17.9. The Bertz CT molecular complexity index is 908. The molecular formula is C30H54O7Si2. The maximum Gasteiger partial charge on any atom is 0.337 e. The lowest BCUT2D eigenvalue weighted by Crippen LogP contribution is -2.63. The number of rotatable bonds is 12. The Labute approximate surface area is 239 Å². The molecule has 0 spiro atoms. The van der Waals surface area contributed by atoms with Gasteiger partial charge in [-0.15, -0.1) is 0 Å². The van der Waals surface area contributed by atoms with E-state index in [1.165, 1.54) is 7.11 Å². The van der Waals surface area contributed by atoms with Gasteiger partial charge in [-0.2, -0.15) is 0 Å². The summed E-state index contributed by atoms with van der Waals surface area (Å²) in [6.07, 6.45) is 0.422. The van der Waals surface area contributed by atoms with Crippen molar-refractivity contribution in [3.05, 3.63) is 35.9 Å². The van der Waals surface area contributed by atoms with Gasteiger partial charge in [0.05, 0.1) is 25.9 Å². The van der Waals surface area contributed by atoms with Crippen LogP contribution in [0.15, 0.2) is 30.3 Å². The van der Waals surface area contributed by atoms with E-state index in [4.69, 9.17) is 23.1 Å². The highest BCUT2D eigenvalue weighted by Crippen LogP contribution is 2.48. The highest BCUT2D eigenvalue weighted by Gasteiger charge is 2.57. The summed E-state index contributed by atoms with van der Waals surface area (Å²) in [5, 5.41) is 9.97. The molecule has 4 atom stereocenters. The van der Waals surface area contributed by atoms with Crippen LogP contribution in [-0.4, -0.2) is 66.0 Å². The summed E-state index contributed by atoms with van der Waals surface area (Å²) in [4.78, 5) is 13.5. The van der Waals surface area contributed by atoms with Crippen LogP contribution < -0.4 is 0 Å². The molecule has 1 aromatic rings. The van der Waals surface area contributed by atoms with Gasteiger partial charge in [0.25, 0.3) is 0 Å². The molecule has 0 amide bonds. The molecule has 0 saturated heterocycles. The minimum Gasteiger partial charge on any atom is -0.467 e. The first kappa shape index (κ1) is 34.1. The predicted molar refractivity (Wildman–Crippen MR) is 160 cm³/mol. The van der Waals surface area contributed by atoms with E-state index in [-0.39, 0.29) is 41.5 Å². The molecule has 1 aromatic carbocycles. The van der Waals surface area contributed by atoms with E-state index in [0.717, 1.165) is 5.56 Å². The van der Waals surface area contributed by atoms with Crippen molar-refractivity contribution >= 4 is 22.6 Å². The Kier molecular flexibility index (Phi) is 11.6. The highest BCUT2D eigenvalue weighted by molar-refractivity contribution is 6.74. The fraction of sp³-hybridized carbons (Fsp3) is 0.767. The van der Waals surface area contributed by atoms with Crippen molar-refractivity contribution < 1.29 is 33.0 Å². The molecular weight excluding hydrogens is 528 g/mol. The number of esters is 1. The molecule has 2 rings (SSSR count). The molecule has 0 bridgehead atoms. The second-order valence-electron chi connectivity index (χ2n) is 14.0. The minimum absolute atomic E-state index is 0.0142. The van der Waals surface area contributed by atoms with Crippen LogP contribution in [0.1, 0.15) is 66.4 Å². The average molecular weight is 583 g/mol. The zero-order valence-electron chi connectivity index (χ0n) is 26.3. The van der Waals surface area contributed by atoms with E-state index < -0.39 is 28.3 Å². The van der Waals surface area contributed by atoms with E-state index in [1.807, 2.05) is 30.3 Å². The van der Waals surface area contributed by atoms with Crippen molar-refractivity contribution in [3.8, 4) is 0 Å². The number of hydrogen-bond donors (Lipinski definition) is 1.